The maximum absolute atomic E-state index is 12.1. The summed E-state index contributed by atoms with van der Waals surface area (Å²) in [4.78, 5) is 17.9. The number of ether oxygens (including phenoxy) is 1. The van der Waals surface area contributed by atoms with E-state index in [9.17, 15) is 4.79 Å². The summed E-state index contributed by atoms with van der Waals surface area (Å²) in [5.41, 5.74) is 1.86. The Hall–Kier alpha value is -2.60. The first-order chi connectivity index (χ1) is 11.3. The van der Waals surface area contributed by atoms with Crippen LogP contribution in [0.25, 0.3) is 5.69 Å². The van der Waals surface area contributed by atoms with Gasteiger partial charge in [0.25, 0.3) is 0 Å². The molecule has 6 heteroatoms. The van der Waals surface area contributed by atoms with Crippen LogP contribution in [0.4, 0.5) is 5.82 Å². The molecular formula is C17H15N3O2S. The van der Waals surface area contributed by atoms with Crippen LogP contribution in [0.5, 0.6) is 5.75 Å². The number of aromatic nitrogens is 2. The molecule has 0 aliphatic carbocycles. The first-order valence-corrected chi connectivity index (χ1v) is 8.19. The molecule has 1 unspecified atom stereocenters. The van der Waals surface area contributed by atoms with Gasteiger partial charge in [0.2, 0.25) is 5.91 Å². The number of hydrogen-bond acceptors (Lipinski definition) is 4. The number of nitrogens with one attached hydrogen (secondary N) is 1. The first-order valence-electron chi connectivity index (χ1n) is 7.31. The Morgan fingerprint density at radius 2 is 2.13 bits per heavy atom. The van der Waals surface area contributed by atoms with Crippen molar-refractivity contribution in [1.82, 2.24) is 9.55 Å². The van der Waals surface area contributed by atoms with Crippen molar-refractivity contribution in [3.8, 4) is 11.4 Å². The summed E-state index contributed by atoms with van der Waals surface area (Å²) >= 11 is 1.66. The number of rotatable bonds is 3. The van der Waals surface area contributed by atoms with E-state index in [1.54, 1.807) is 24.8 Å². The van der Waals surface area contributed by atoms with Crippen LogP contribution >= 0.6 is 11.3 Å². The van der Waals surface area contributed by atoms with Gasteiger partial charge in [-0.05, 0) is 35.7 Å². The quantitative estimate of drug-likeness (QED) is 0.803. The van der Waals surface area contributed by atoms with Crippen LogP contribution in [-0.4, -0.2) is 22.6 Å². The van der Waals surface area contributed by atoms with Gasteiger partial charge in [-0.3, -0.25) is 9.36 Å². The highest BCUT2D eigenvalue weighted by Crippen LogP contribution is 2.38. The molecule has 23 heavy (non-hydrogen) atoms. The number of thiophene rings is 1. The fourth-order valence-electron chi connectivity index (χ4n) is 2.87. The van der Waals surface area contributed by atoms with Gasteiger partial charge in [-0.2, -0.15) is 0 Å². The molecule has 1 N–H and O–H groups in total. The smallest absolute Gasteiger partial charge is 0.226 e. The summed E-state index contributed by atoms with van der Waals surface area (Å²) in [6, 6.07) is 11.7. The lowest BCUT2D eigenvalue weighted by Gasteiger charge is -2.22. The van der Waals surface area contributed by atoms with E-state index in [2.05, 4.69) is 16.4 Å². The minimum absolute atomic E-state index is 0.0196. The molecule has 1 aromatic carbocycles. The fourth-order valence-corrected chi connectivity index (χ4v) is 3.70. The lowest BCUT2D eigenvalue weighted by molar-refractivity contribution is -0.116. The van der Waals surface area contributed by atoms with Gasteiger partial charge in [0.1, 0.15) is 17.9 Å². The highest BCUT2D eigenvalue weighted by molar-refractivity contribution is 7.10. The maximum atomic E-state index is 12.1. The van der Waals surface area contributed by atoms with Crippen LogP contribution in [-0.2, 0) is 4.79 Å². The van der Waals surface area contributed by atoms with Crippen LogP contribution in [0, 0.1) is 0 Å². The highest BCUT2D eigenvalue weighted by atomic mass is 32.1. The van der Waals surface area contributed by atoms with E-state index in [-0.39, 0.29) is 11.8 Å². The minimum Gasteiger partial charge on any atom is -0.497 e. The molecule has 5 nitrogen and oxygen atoms in total. The number of nitrogens with zero attached hydrogens (tertiary/aromatic N) is 2. The normalized spacial score (nSPS) is 16.7. The van der Waals surface area contributed by atoms with Gasteiger partial charge in [0.15, 0.2) is 0 Å². The molecule has 116 valence electrons. The van der Waals surface area contributed by atoms with Crippen molar-refractivity contribution in [1.29, 1.82) is 0 Å². The van der Waals surface area contributed by atoms with E-state index >= 15 is 0 Å². The highest BCUT2D eigenvalue weighted by Gasteiger charge is 2.31. The SMILES string of the molecule is COc1ccc(-n2cnc3c2NC(=O)CC3c2cccs2)cc1. The second-order valence-electron chi connectivity index (χ2n) is 5.37. The molecule has 4 rings (SSSR count). The third-order valence-corrected chi connectivity index (χ3v) is 5.00. The lowest BCUT2D eigenvalue weighted by Crippen LogP contribution is -2.24. The van der Waals surface area contributed by atoms with E-state index in [0.29, 0.717) is 6.42 Å². The molecule has 3 heterocycles. The number of carbonyl (C=O) groups is 1. The summed E-state index contributed by atoms with van der Waals surface area (Å²) in [6.45, 7) is 0. The minimum atomic E-state index is 0.0196. The van der Waals surface area contributed by atoms with Gasteiger partial charge in [-0.25, -0.2) is 4.98 Å². The maximum Gasteiger partial charge on any atom is 0.226 e. The predicted octanol–water partition coefficient (Wildman–Crippen LogP) is 3.42. The van der Waals surface area contributed by atoms with E-state index in [1.165, 1.54) is 4.88 Å². The zero-order valence-corrected chi connectivity index (χ0v) is 13.3. The Bertz CT molecular complexity index is 837. The van der Waals surface area contributed by atoms with Crippen molar-refractivity contribution in [2.24, 2.45) is 0 Å². The summed E-state index contributed by atoms with van der Waals surface area (Å²) < 4.78 is 7.10. The number of hydrogen-bond donors (Lipinski definition) is 1. The molecule has 0 radical (unpaired) electrons. The van der Waals surface area contributed by atoms with Crippen molar-refractivity contribution >= 4 is 23.1 Å². The van der Waals surface area contributed by atoms with Gasteiger partial charge in [-0.1, -0.05) is 6.07 Å². The van der Waals surface area contributed by atoms with Crippen LogP contribution in [0.3, 0.4) is 0 Å². The van der Waals surface area contributed by atoms with Crippen LogP contribution in [0.15, 0.2) is 48.1 Å². The zero-order valence-electron chi connectivity index (χ0n) is 12.5. The van der Waals surface area contributed by atoms with Gasteiger partial charge in [-0.15, -0.1) is 11.3 Å². The number of carbonyl (C=O) groups excluding carboxylic acids is 1. The number of anilines is 1. The molecule has 1 aliphatic heterocycles. The van der Waals surface area contributed by atoms with E-state index in [1.807, 2.05) is 40.3 Å². The van der Waals surface area contributed by atoms with Gasteiger partial charge in [0, 0.05) is 22.9 Å². The third-order valence-electron chi connectivity index (χ3n) is 4.01. The molecule has 1 amide bonds. The predicted molar refractivity (Wildman–Crippen MR) is 89.5 cm³/mol. The van der Waals surface area contributed by atoms with Crippen molar-refractivity contribution in [2.75, 3.05) is 12.4 Å². The molecule has 2 aromatic heterocycles. The van der Waals surface area contributed by atoms with Gasteiger partial charge >= 0.3 is 0 Å². The van der Waals surface area contributed by atoms with E-state index in [0.717, 1.165) is 22.9 Å². The first kappa shape index (κ1) is 14.0. The standard InChI is InChI=1S/C17H15N3O2S/c1-22-12-6-4-11(5-7-12)20-10-18-16-13(14-3-2-8-23-14)9-15(21)19-17(16)20/h2-8,10,13H,9H2,1H3,(H,19,21). The summed E-state index contributed by atoms with van der Waals surface area (Å²) in [7, 11) is 1.64. The molecule has 0 saturated carbocycles. The number of benzene rings is 1. The molecule has 0 bridgehead atoms. The Balaban J connectivity index is 1.78. The molecule has 3 aromatic rings. The average molecular weight is 325 g/mol. The Morgan fingerprint density at radius 1 is 1.30 bits per heavy atom. The van der Waals surface area contributed by atoms with Gasteiger partial charge in [0.05, 0.1) is 12.8 Å². The number of methoxy groups -OCH3 is 1. The molecule has 1 aliphatic rings. The van der Waals surface area contributed by atoms with Crippen molar-refractivity contribution in [2.45, 2.75) is 12.3 Å². The Kier molecular flexibility index (Phi) is 3.38. The molecule has 1 atom stereocenters. The van der Waals surface area contributed by atoms with Crippen LogP contribution < -0.4 is 10.1 Å². The van der Waals surface area contributed by atoms with Crippen molar-refractivity contribution in [3.05, 3.63) is 58.7 Å². The monoisotopic (exact) mass is 325 g/mol. The van der Waals surface area contributed by atoms with Crippen LogP contribution in [0.1, 0.15) is 22.9 Å². The average Bonchev–Trinajstić information content (AvgIpc) is 3.24. The van der Waals surface area contributed by atoms with Gasteiger partial charge < -0.3 is 10.1 Å². The molecule has 0 saturated heterocycles. The zero-order chi connectivity index (χ0) is 15.8. The molecular weight excluding hydrogens is 310 g/mol. The summed E-state index contributed by atoms with van der Waals surface area (Å²) in [6.07, 6.45) is 2.20. The second-order valence-corrected chi connectivity index (χ2v) is 6.35. The van der Waals surface area contributed by atoms with Crippen molar-refractivity contribution in [3.63, 3.8) is 0 Å². The van der Waals surface area contributed by atoms with E-state index in [4.69, 9.17) is 4.74 Å². The number of imidazole rings is 1. The second kappa shape index (κ2) is 5.55. The van der Waals surface area contributed by atoms with Crippen LogP contribution in [0.2, 0.25) is 0 Å². The topological polar surface area (TPSA) is 56.1 Å². The van der Waals surface area contributed by atoms with Crippen molar-refractivity contribution < 1.29 is 9.53 Å². The Morgan fingerprint density at radius 3 is 2.83 bits per heavy atom. The number of fused-ring (bicyclic) bond motifs is 1. The summed E-state index contributed by atoms with van der Waals surface area (Å²) in [5.74, 6) is 1.59. The van der Waals surface area contributed by atoms with E-state index < -0.39 is 0 Å². The molecule has 0 spiro atoms. The Labute approximate surface area is 137 Å². The largest absolute Gasteiger partial charge is 0.497 e. The number of amides is 1. The lowest BCUT2D eigenvalue weighted by atomic mass is 9.96. The third kappa shape index (κ3) is 2.41. The fraction of sp³-hybridized carbons (Fsp3) is 0.176. The summed E-state index contributed by atoms with van der Waals surface area (Å²) in [5, 5.41) is 4.99. The molecule has 0 fully saturated rings.